The summed E-state index contributed by atoms with van der Waals surface area (Å²) in [7, 11) is 0. The van der Waals surface area contributed by atoms with Crippen LogP contribution in [0.3, 0.4) is 0 Å². The van der Waals surface area contributed by atoms with Crippen molar-refractivity contribution in [1.82, 2.24) is 5.32 Å². The van der Waals surface area contributed by atoms with Crippen molar-refractivity contribution < 1.29 is 4.74 Å². The van der Waals surface area contributed by atoms with Gasteiger partial charge in [-0.15, -0.1) is 24.8 Å². The number of nitrogens with one attached hydrogen (secondary N) is 1. The van der Waals surface area contributed by atoms with Crippen molar-refractivity contribution in [2.24, 2.45) is 58.0 Å². The Morgan fingerprint density at radius 1 is 0.844 bits per heavy atom. The maximum atomic E-state index is 7.03. The van der Waals surface area contributed by atoms with Gasteiger partial charge in [0.25, 0.3) is 0 Å². The second-order valence-electron chi connectivity index (χ2n) is 13.4. The molecule has 2 saturated heterocycles. The first-order chi connectivity index (χ1) is 14.3. The highest BCUT2D eigenvalue weighted by Crippen LogP contribution is 2.70. The molecule has 186 valence electrons. The van der Waals surface area contributed by atoms with E-state index >= 15 is 0 Å². The average Bonchev–Trinajstić information content (AvgIpc) is 3.16. The summed E-state index contributed by atoms with van der Waals surface area (Å²) in [4.78, 5) is 0. The molecule has 4 saturated carbocycles. The van der Waals surface area contributed by atoms with Gasteiger partial charge in [0.1, 0.15) is 5.72 Å². The SMILES string of the molecule is C[C@H]1CC[C@]2(NC1)O[C@H]1C[C@H]3[C@@H]4CC[C@H]5CC(N)CC[C@]5(C)[C@H]4CC[C@]3(C)[C@H]1[C@@H]2C.Cl.Cl. The zero-order chi connectivity index (χ0) is 20.9. The van der Waals surface area contributed by atoms with E-state index in [4.69, 9.17) is 10.5 Å². The molecule has 0 aromatic heterocycles. The number of fused-ring (bicyclic) bond motifs is 7. The summed E-state index contributed by atoms with van der Waals surface area (Å²) in [6, 6.07) is 0.468. The van der Waals surface area contributed by atoms with Crippen molar-refractivity contribution in [1.29, 1.82) is 0 Å². The van der Waals surface area contributed by atoms with Gasteiger partial charge in [-0.05, 0) is 111 Å². The minimum Gasteiger partial charge on any atom is -0.357 e. The molecule has 6 aliphatic rings. The first-order valence-electron chi connectivity index (χ1n) is 13.5. The molecule has 0 bridgehead atoms. The third-order valence-corrected chi connectivity index (χ3v) is 12.2. The fourth-order valence-corrected chi connectivity index (χ4v) is 10.5. The molecule has 6 fully saturated rings. The highest BCUT2D eigenvalue weighted by atomic mass is 35.5. The van der Waals surface area contributed by atoms with Gasteiger partial charge >= 0.3 is 0 Å². The summed E-state index contributed by atoms with van der Waals surface area (Å²) in [5.41, 5.74) is 7.44. The van der Waals surface area contributed by atoms with Gasteiger partial charge in [0, 0.05) is 18.5 Å². The van der Waals surface area contributed by atoms with Crippen molar-refractivity contribution in [3.8, 4) is 0 Å². The number of halogens is 2. The molecule has 5 heteroatoms. The van der Waals surface area contributed by atoms with Crippen molar-refractivity contribution in [2.45, 2.75) is 110 Å². The van der Waals surface area contributed by atoms with Gasteiger partial charge in [-0.2, -0.15) is 0 Å². The van der Waals surface area contributed by atoms with Crippen molar-refractivity contribution in [3.63, 3.8) is 0 Å². The van der Waals surface area contributed by atoms with E-state index < -0.39 is 0 Å². The molecule has 4 aliphatic carbocycles. The molecule has 0 radical (unpaired) electrons. The van der Waals surface area contributed by atoms with Crippen LogP contribution < -0.4 is 11.1 Å². The van der Waals surface area contributed by atoms with E-state index in [-0.39, 0.29) is 30.5 Å². The van der Waals surface area contributed by atoms with E-state index in [1.807, 2.05) is 0 Å². The number of rotatable bonds is 0. The fraction of sp³-hybridized carbons (Fsp3) is 1.00. The molecule has 1 spiro atoms. The van der Waals surface area contributed by atoms with Crippen LogP contribution in [-0.4, -0.2) is 24.4 Å². The molecule has 0 amide bonds. The molecule has 0 aromatic rings. The highest BCUT2D eigenvalue weighted by Gasteiger charge is 2.68. The Balaban J connectivity index is 0.00000122. The molecule has 0 aromatic carbocycles. The summed E-state index contributed by atoms with van der Waals surface area (Å²) in [5.74, 6) is 5.87. The third-order valence-electron chi connectivity index (χ3n) is 12.2. The second kappa shape index (κ2) is 8.54. The Bertz CT molecular complexity index is 697. The minimum absolute atomic E-state index is 0. The van der Waals surface area contributed by atoms with Crippen LogP contribution >= 0.6 is 24.8 Å². The highest BCUT2D eigenvalue weighted by molar-refractivity contribution is 5.85. The topological polar surface area (TPSA) is 47.3 Å². The van der Waals surface area contributed by atoms with Crippen LogP contribution in [0, 0.1) is 52.3 Å². The summed E-state index contributed by atoms with van der Waals surface area (Å²) in [6.07, 6.45) is 14.1. The lowest BCUT2D eigenvalue weighted by Gasteiger charge is -2.61. The summed E-state index contributed by atoms with van der Waals surface area (Å²) >= 11 is 0. The van der Waals surface area contributed by atoms with Crippen molar-refractivity contribution >= 4 is 24.8 Å². The molecule has 6 rings (SSSR count). The first kappa shape index (κ1) is 25.5. The Kier molecular flexibility index (Phi) is 6.82. The van der Waals surface area contributed by atoms with E-state index in [0.29, 0.717) is 28.9 Å². The molecule has 32 heavy (non-hydrogen) atoms. The first-order valence-corrected chi connectivity index (χ1v) is 13.5. The fourth-order valence-electron chi connectivity index (χ4n) is 10.5. The quantitative estimate of drug-likeness (QED) is 0.429. The smallest absolute Gasteiger partial charge is 0.122 e. The van der Waals surface area contributed by atoms with E-state index in [1.165, 1.54) is 64.2 Å². The predicted octanol–water partition coefficient (Wildman–Crippen LogP) is 6.18. The minimum atomic E-state index is -0.0180. The predicted molar refractivity (Wildman–Crippen MR) is 136 cm³/mol. The molecule has 1 unspecified atom stereocenters. The summed E-state index contributed by atoms with van der Waals surface area (Å²) in [5, 5.41) is 3.90. The number of ether oxygens (including phenoxy) is 1. The lowest BCUT2D eigenvalue weighted by atomic mass is 9.44. The maximum Gasteiger partial charge on any atom is 0.122 e. The normalized spacial score (nSPS) is 58.6. The standard InChI is InChI=1S/C27H46N2O.2ClH/c1-16-7-12-27(29-15-16)17(2)24-23(30-27)14-22-20-6-5-18-13-19(28)8-10-25(18,3)21(20)9-11-26(22,24)4;;/h16-24,29H,5-15,28H2,1-4H3;2*1H/t16-,17-,18-,19?,20+,21-,22-,23-,24-,25-,26-,27-;;/m0../s1. The number of hydrogen-bond acceptors (Lipinski definition) is 3. The average molecular weight is 488 g/mol. The van der Waals surface area contributed by atoms with Gasteiger partial charge < -0.3 is 10.5 Å². The largest absolute Gasteiger partial charge is 0.357 e. The monoisotopic (exact) mass is 486 g/mol. The second-order valence-corrected chi connectivity index (χ2v) is 13.4. The van der Waals surface area contributed by atoms with E-state index in [9.17, 15) is 0 Å². The van der Waals surface area contributed by atoms with Crippen LogP contribution in [0.4, 0.5) is 0 Å². The third kappa shape index (κ3) is 3.38. The molecule has 2 aliphatic heterocycles. The maximum absolute atomic E-state index is 7.03. The van der Waals surface area contributed by atoms with Crippen molar-refractivity contribution in [2.75, 3.05) is 6.54 Å². The lowest BCUT2D eigenvalue weighted by molar-refractivity contribution is -0.133. The van der Waals surface area contributed by atoms with Gasteiger partial charge in [-0.1, -0.05) is 27.7 Å². The van der Waals surface area contributed by atoms with Crippen LogP contribution in [0.1, 0.15) is 91.9 Å². The van der Waals surface area contributed by atoms with Crippen LogP contribution in [0.15, 0.2) is 0 Å². The molecule has 3 N–H and O–H groups in total. The molecule has 12 atom stereocenters. The van der Waals surface area contributed by atoms with E-state index in [0.717, 1.165) is 42.1 Å². The van der Waals surface area contributed by atoms with Gasteiger partial charge in [-0.3, -0.25) is 5.32 Å². The molecule has 2 heterocycles. The van der Waals surface area contributed by atoms with E-state index in [2.05, 4.69) is 33.0 Å². The van der Waals surface area contributed by atoms with Crippen LogP contribution in [-0.2, 0) is 4.74 Å². The number of piperidine rings is 1. The summed E-state index contributed by atoms with van der Waals surface area (Å²) < 4.78 is 7.03. The zero-order valence-electron chi connectivity index (χ0n) is 20.8. The van der Waals surface area contributed by atoms with Gasteiger partial charge in [0.2, 0.25) is 0 Å². The number of hydrogen-bond donors (Lipinski definition) is 2. The van der Waals surface area contributed by atoms with Crippen LogP contribution in [0.25, 0.3) is 0 Å². The zero-order valence-corrected chi connectivity index (χ0v) is 22.4. The van der Waals surface area contributed by atoms with Crippen molar-refractivity contribution in [3.05, 3.63) is 0 Å². The molecule has 3 nitrogen and oxygen atoms in total. The lowest BCUT2D eigenvalue weighted by Crippen LogP contribution is -2.57. The molecular formula is C27H48Cl2N2O. The van der Waals surface area contributed by atoms with E-state index in [1.54, 1.807) is 0 Å². The van der Waals surface area contributed by atoms with Crippen LogP contribution in [0.2, 0.25) is 0 Å². The Morgan fingerprint density at radius 2 is 1.59 bits per heavy atom. The molecular weight excluding hydrogens is 439 g/mol. The Labute approximate surface area is 209 Å². The van der Waals surface area contributed by atoms with Gasteiger partial charge in [-0.25, -0.2) is 0 Å². The Morgan fingerprint density at radius 3 is 2.31 bits per heavy atom. The van der Waals surface area contributed by atoms with Crippen LogP contribution in [0.5, 0.6) is 0 Å². The summed E-state index contributed by atoms with van der Waals surface area (Å²) in [6.45, 7) is 11.4. The Hall–Kier alpha value is 0.460. The van der Waals surface area contributed by atoms with Gasteiger partial charge in [0.05, 0.1) is 6.10 Å². The number of nitrogens with two attached hydrogens (primary N) is 1. The van der Waals surface area contributed by atoms with Gasteiger partial charge in [0.15, 0.2) is 0 Å².